The summed E-state index contributed by atoms with van der Waals surface area (Å²) in [5.74, 6) is -1.82. The molecule has 3 rings (SSSR count). The highest BCUT2D eigenvalue weighted by Gasteiger charge is 2.40. The number of hydrogen-bond donors (Lipinski definition) is 1. The Labute approximate surface area is 181 Å². The quantitative estimate of drug-likeness (QED) is 0.404. The minimum Gasteiger partial charge on any atom is -0.502 e. The third-order valence-electron chi connectivity index (χ3n) is 5.70. The monoisotopic (exact) mass is 427 g/mol. The van der Waals surface area contributed by atoms with E-state index in [-0.39, 0.29) is 5.78 Å². The summed E-state index contributed by atoms with van der Waals surface area (Å²) in [6.45, 7) is 2.33. The van der Waals surface area contributed by atoms with Crippen LogP contribution in [0.5, 0.6) is 0 Å². The first-order valence-corrected chi connectivity index (χ1v) is 10.3. The Balaban J connectivity index is 1.79. The molecule has 6 heteroatoms. The van der Waals surface area contributed by atoms with Crippen molar-refractivity contribution in [1.82, 2.24) is 4.90 Å². The number of methoxy groups -OCH3 is 1. The first-order chi connectivity index (χ1) is 14.4. The zero-order valence-electron chi connectivity index (χ0n) is 17.0. The maximum atomic E-state index is 13.2. The van der Waals surface area contributed by atoms with Gasteiger partial charge in [-0.1, -0.05) is 54.1 Å². The summed E-state index contributed by atoms with van der Waals surface area (Å²) in [5.41, 5.74) is 1.54. The summed E-state index contributed by atoms with van der Waals surface area (Å²) in [5, 5.41) is 10.6. The average Bonchev–Trinajstić information content (AvgIpc) is 2.76. The number of rotatable bonds is 7. The molecule has 0 bridgehead atoms. The molecule has 2 aromatic carbocycles. The van der Waals surface area contributed by atoms with Gasteiger partial charge in [-0.2, -0.15) is 0 Å². The molecule has 158 valence electrons. The van der Waals surface area contributed by atoms with Crippen molar-refractivity contribution in [2.24, 2.45) is 5.41 Å². The molecule has 0 unspecified atom stereocenters. The number of ketones is 1. The van der Waals surface area contributed by atoms with Crippen molar-refractivity contribution in [3.63, 3.8) is 0 Å². The predicted octanol–water partition coefficient (Wildman–Crippen LogP) is 4.35. The summed E-state index contributed by atoms with van der Waals surface area (Å²) in [4.78, 5) is 27.1. The zero-order valence-corrected chi connectivity index (χ0v) is 17.8. The third kappa shape index (κ3) is 5.49. The summed E-state index contributed by atoms with van der Waals surface area (Å²) in [6.07, 6.45) is 2.81. The molecule has 0 atom stereocenters. The number of hydrogen-bond acceptors (Lipinski definition) is 5. The highest BCUT2D eigenvalue weighted by atomic mass is 35.5. The molecule has 30 heavy (non-hydrogen) atoms. The molecule has 1 aliphatic rings. The van der Waals surface area contributed by atoms with Crippen LogP contribution in [0.4, 0.5) is 0 Å². The van der Waals surface area contributed by atoms with Gasteiger partial charge in [-0.25, -0.2) is 4.79 Å². The van der Waals surface area contributed by atoms with E-state index in [1.54, 1.807) is 12.1 Å². The number of carbonyl (C=O) groups is 2. The van der Waals surface area contributed by atoms with E-state index in [0.717, 1.165) is 31.3 Å². The standard InChI is InChI=1S/C24H26ClNO4/c1-30-23(29)21(27)15-22(28)24(16-18-7-9-20(25)10-8-18)11-13-26(14-12-24)17-19-5-3-2-4-6-19/h2-10,15,27H,11-14,16-17H2,1H3/b21-15-. The number of piperidine rings is 1. The minimum atomic E-state index is -0.911. The van der Waals surface area contributed by atoms with Crippen molar-refractivity contribution in [1.29, 1.82) is 0 Å². The van der Waals surface area contributed by atoms with Crippen LogP contribution in [0.2, 0.25) is 5.02 Å². The van der Waals surface area contributed by atoms with Gasteiger partial charge in [0.15, 0.2) is 5.78 Å². The van der Waals surface area contributed by atoms with Gasteiger partial charge in [0, 0.05) is 23.1 Å². The van der Waals surface area contributed by atoms with Gasteiger partial charge in [0.05, 0.1) is 7.11 Å². The van der Waals surface area contributed by atoms with E-state index in [1.165, 1.54) is 12.7 Å². The number of nitrogens with zero attached hydrogens (tertiary/aromatic N) is 1. The Hall–Kier alpha value is -2.63. The van der Waals surface area contributed by atoms with Crippen LogP contribution in [-0.2, 0) is 27.3 Å². The first-order valence-electron chi connectivity index (χ1n) is 9.96. The number of halogens is 1. The van der Waals surface area contributed by atoms with Crippen LogP contribution in [0.15, 0.2) is 66.4 Å². The number of ether oxygens (including phenoxy) is 1. The van der Waals surface area contributed by atoms with Gasteiger partial charge in [0.2, 0.25) is 5.76 Å². The molecule has 0 aliphatic carbocycles. The molecule has 1 aliphatic heterocycles. The van der Waals surface area contributed by atoms with Crippen LogP contribution in [0.3, 0.4) is 0 Å². The largest absolute Gasteiger partial charge is 0.502 e. The SMILES string of the molecule is COC(=O)/C(O)=C/C(=O)C1(Cc2ccc(Cl)cc2)CCN(Cc2ccccc2)CC1. The normalized spacial score (nSPS) is 16.8. The zero-order chi connectivity index (χ0) is 21.6. The Morgan fingerprint density at radius 3 is 2.30 bits per heavy atom. The molecule has 0 radical (unpaired) electrons. The molecule has 1 heterocycles. The van der Waals surface area contributed by atoms with Gasteiger partial charge >= 0.3 is 5.97 Å². The van der Waals surface area contributed by atoms with E-state index < -0.39 is 17.1 Å². The Morgan fingerprint density at radius 2 is 1.70 bits per heavy atom. The lowest BCUT2D eigenvalue weighted by Gasteiger charge is -2.40. The smallest absolute Gasteiger partial charge is 0.373 e. The molecule has 1 N–H and O–H groups in total. The van der Waals surface area contributed by atoms with Crippen molar-refractivity contribution in [3.05, 3.63) is 82.6 Å². The first kappa shape index (κ1) is 22.1. The second-order valence-electron chi connectivity index (χ2n) is 7.73. The lowest BCUT2D eigenvalue weighted by atomic mass is 9.70. The summed E-state index contributed by atoms with van der Waals surface area (Å²) in [6, 6.07) is 17.7. The number of carbonyl (C=O) groups excluding carboxylic acids is 2. The fourth-order valence-corrected chi connectivity index (χ4v) is 4.05. The van der Waals surface area contributed by atoms with Crippen molar-refractivity contribution in [3.8, 4) is 0 Å². The van der Waals surface area contributed by atoms with E-state index in [2.05, 4.69) is 21.8 Å². The van der Waals surface area contributed by atoms with Gasteiger partial charge in [-0.15, -0.1) is 0 Å². The maximum Gasteiger partial charge on any atom is 0.373 e. The van der Waals surface area contributed by atoms with Gasteiger partial charge in [0.1, 0.15) is 0 Å². The van der Waals surface area contributed by atoms with E-state index in [0.29, 0.717) is 24.3 Å². The van der Waals surface area contributed by atoms with Crippen LogP contribution in [0.25, 0.3) is 0 Å². The molecule has 0 amide bonds. The Bertz CT molecular complexity index is 901. The third-order valence-corrected chi connectivity index (χ3v) is 5.95. The number of allylic oxidation sites excluding steroid dienone is 1. The minimum absolute atomic E-state index is 0.250. The highest BCUT2D eigenvalue weighted by Crippen LogP contribution is 2.37. The second kappa shape index (κ2) is 9.92. The van der Waals surface area contributed by atoms with Crippen molar-refractivity contribution in [2.45, 2.75) is 25.8 Å². The lowest BCUT2D eigenvalue weighted by molar-refractivity contribution is -0.139. The number of aliphatic hydroxyl groups is 1. The molecule has 1 saturated heterocycles. The van der Waals surface area contributed by atoms with E-state index in [4.69, 9.17) is 11.6 Å². The van der Waals surface area contributed by atoms with Crippen molar-refractivity contribution < 1.29 is 19.4 Å². The van der Waals surface area contributed by atoms with Gasteiger partial charge in [0.25, 0.3) is 0 Å². The Morgan fingerprint density at radius 1 is 1.07 bits per heavy atom. The predicted molar refractivity (Wildman–Crippen MR) is 116 cm³/mol. The second-order valence-corrected chi connectivity index (χ2v) is 8.17. The topological polar surface area (TPSA) is 66.8 Å². The molecule has 5 nitrogen and oxygen atoms in total. The van der Waals surface area contributed by atoms with E-state index in [1.807, 2.05) is 30.3 Å². The molecule has 0 aromatic heterocycles. The highest BCUT2D eigenvalue weighted by molar-refractivity contribution is 6.30. The summed E-state index contributed by atoms with van der Waals surface area (Å²) >= 11 is 6.00. The van der Waals surface area contributed by atoms with Gasteiger partial charge < -0.3 is 9.84 Å². The van der Waals surface area contributed by atoms with Crippen LogP contribution in [0, 0.1) is 5.41 Å². The summed E-state index contributed by atoms with van der Waals surface area (Å²) < 4.78 is 4.52. The van der Waals surface area contributed by atoms with Crippen LogP contribution >= 0.6 is 11.6 Å². The molecule has 2 aromatic rings. The number of aliphatic hydroxyl groups excluding tert-OH is 1. The average molecular weight is 428 g/mol. The number of likely N-dealkylation sites (tertiary alicyclic amines) is 1. The molecule has 1 fully saturated rings. The molecule has 0 spiro atoms. The molecular formula is C24H26ClNO4. The van der Waals surface area contributed by atoms with Crippen LogP contribution in [-0.4, -0.2) is 42.0 Å². The number of benzene rings is 2. The maximum absolute atomic E-state index is 13.2. The fourth-order valence-electron chi connectivity index (χ4n) is 3.92. The summed E-state index contributed by atoms with van der Waals surface area (Å²) in [7, 11) is 1.17. The van der Waals surface area contributed by atoms with Gasteiger partial charge in [-0.05, 0) is 55.6 Å². The van der Waals surface area contributed by atoms with E-state index in [9.17, 15) is 14.7 Å². The van der Waals surface area contributed by atoms with Crippen molar-refractivity contribution in [2.75, 3.05) is 20.2 Å². The van der Waals surface area contributed by atoms with Gasteiger partial charge in [-0.3, -0.25) is 9.69 Å². The fraction of sp³-hybridized carbons (Fsp3) is 0.333. The lowest BCUT2D eigenvalue weighted by Crippen LogP contribution is -2.45. The van der Waals surface area contributed by atoms with Crippen LogP contribution < -0.4 is 0 Å². The molecule has 0 saturated carbocycles. The van der Waals surface area contributed by atoms with E-state index >= 15 is 0 Å². The van der Waals surface area contributed by atoms with Crippen LogP contribution in [0.1, 0.15) is 24.0 Å². The molecular weight excluding hydrogens is 402 g/mol. The number of esters is 1. The van der Waals surface area contributed by atoms with Crippen molar-refractivity contribution >= 4 is 23.4 Å². The Kier molecular flexibility index (Phi) is 7.29.